The molecule has 0 fully saturated rings. The molecule has 0 aliphatic carbocycles. The summed E-state index contributed by atoms with van der Waals surface area (Å²) in [6, 6.07) is 8.76. The van der Waals surface area contributed by atoms with Gasteiger partial charge >= 0.3 is 0 Å². The lowest BCUT2D eigenvalue weighted by molar-refractivity contribution is 0.284. The first-order valence-electron chi connectivity index (χ1n) is 7.17. The van der Waals surface area contributed by atoms with E-state index in [1.54, 1.807) is 0 Å². The first-order chi connectivity index (χ1) is 8.47. The van der Waals surface area contributed by atoms with Crippen molar-refractivity contribution in [2.45, 2.75) is 59.8 Å². The van der Waals surface area contributed by atoms with Crippen LogP contribution in [0.4, 0.5) is 0 Å². The van der Waals surface area contributed by atoms with Crippen LogP contribution in [0.25, 0.3) is 0 Å². The maximum atomic E-state index is 8.69. The quantitative estimate of drug-likeness (QED) is 0.745. The molecule has 0 heterocycles. The Morgan fingerprint density at radius 2 is 1.61 bits per heavy atom. The molecule has 104 valence electrons. The Hall–Kier alpha value is -0.820. The SMILES string of the molecule is CC(C)C.CC(C)c1cccc(CCCCO)c1. The zero-order valence-electron chi connectivity index (χ0n) is 12.7. The molecule has 0 aliphatic heterocycles. The molecular weight excluding hydrogens is 220 g/mol. The predicted molar refractivity (Wildman–Crippen MR) is 81.1 cm³/mol. The van der Waals surface area contributed by atoms with Crippen molar-refractivity contribution >= 4 is 0 Å². The molecule has 0 saturated carbocycles. The Morgan fingerprint density at radius 3 is 2.11 bits per heavy atom. The molecule has 0 saturated heterocycles. The predicted octanol–water partition coefficient (Wildman–Crippen LogP) is 4.79. The number of aryl methyl sites for hydroxylation is 1. The first-order valence-corrected chi connectivity index (χ1v) is 7.17. The number of hydrogen-bond donors (Lipinski definition) is 1. The van der Waals surface area contributed by atoms with Crippen molar-refractivity contribution in [3.63, 3.8) is 0 Å². The number of aliphatic hydroxyl groups is 1. The molecule has 0 radical (unpaired) electrons. The van der Waals surface area contributed by atoms with Crippen molar-refractivity contribution in [3.8, 4) is 0 Å². The molecule has 1 nitrogen and oxygen atoms in total. The van der Waals surface area contributed by atoms with Crippen molar-refractivity contribution < 1.29 is 5.11 Å². The van der Waals surface area contributed by atoms with Gasteiger partial charge in [-0.05, 0) is 42.2 Å². The molecule has 0 aromatic heterocycles. The second-order valence-corrected chi connectivity index (χ2v) is 5.81. The van der Waals surface area contributed by atoms with E-state index in [2.05, 4.69) is 58.9 Å². The van der Waals surface area contributed by atoms with E-state index in [1.165, 1.54) is 11.1 Å². The lowest BCUT2D eigenvalue weighted by atomic mass is 9.99. The minimum atomic E-state index is 0.309. The second kappa shape index (κ2) is 10.1. The van der Waals surface area contributed by atoms with E-state index in [1.807, 2.05) is 0 Å². The van der Waals surface area contributed by atoms with Crippen molar-refractivity contribution in [1.82, 2.24) is 0 Å². The van der Waals surface area contributed by atoms with Gasteiger partial charge in [-0.25, -0.2) is 0 Å². The maximum absolute atomic E-state index is 8.69. The van der Waals surface area contributed by atoms with Gasteiger partial charge in [0.1, 0.15) is 0 Å². The van der Waals surface area contributed by atoms with Gasteiger partial charge in [0.05, 0.1) is 0 Å². The first kappa shape index (κ1) is 17.2. The summed E-state index contributed by atoms with van der Waals surface area (Å²) in [4.78, 5) is 0. The molecule has 0 amide bonds. The molecule has 1 aromatic rings. The van der Waals surface area contributed by atoms with Crippen molar-refractivity contribution in [3.05, 3.63) is 35.4 Å². The fourth-order valence-corrected chi connectivity index (χ4v) is 1.55. The number of benzene rings is 1. The summed E-state index contributed by atoms with van der Waals surface area (Å²) in [5.74, 6) is 1.44. The van der Waals surface area contributed by atoms with E-state index in [0.717, 1.165) is 25.2 Å². The second-order valence-electron chi connectivity index (χ2n) is 5.81. The summed E-state index contributed by atoms with van der Waals surface area (Å²) >= 11 is 0. The van der Waals surface area contributed by atoms with Crippen LogP contribution in [0.15, 0.2) is 24.3 Å². The van der Waals surface area contributed by atoms with Crippen molar-refractivity contribution in [2.75, 3.05) is 6.61 Å². The van der Waals surface area contributed by atoms with Gasteiger partial charge in [-0.3, -0.25) is 0 Å². The molecule has 0 atom stereocenters. The lowest BCUT2D eigenvalue weighted by Crippen LogP contribution is -1.92. The minimum Gasteiger partial charge on any atom is -0.396 e. The van der Waals surface area contributed by atoms with Gasteiger partial charge in [-0.2, -0.15) is 0 Å². The van der Waals surface area contributed by atoms with Crippen LogP contribution in [0.3, 0.4) is 0 Å². The molecule has 1 heteroatoms. The Kier molecular flexibility index (Phi) is 9.67. The van der Waals surface area contributed by atoms with Crippen LogP contribution in [-0.2, 0) is 6.42 Å². The fraction of sp³-hybridized carbons (Fsp3) is 0.647. The maximum Gasteiger partial charge on any atom is 0.0431 e. The van der Waals surface area contributed by atoms with Gasteiger partial charge < -0.3 is 5.11 Å². The molecule has 0 unspecified atom stereocenters. The zero-order chi connectivity index (χ0) is 14.0. The largest absolute Gasteiger partial charge is 0.396 e. The minimum absolute atomic E-state index is 0.309. The van der Waals surface area contributed by atoms with E-state index < -0.39 is 0 Å². The highest BCUT2D eigenvalue weighted by atomic mass is 16.2. The smallest absolute Gasteiger partial charge is 0.0431 e. The number of unbranched alkanes of at least 4 members (excludes halogenated alkanes) is 1. The van der Waals surface area contributed by atoms with Crippen molar-refractivity contribution in [1.29, 1.82) is 0 Å². The Bertz CT molecular complexity index is 299. The highest BCUT2D eigenvalue weighted by Crippen LogP contribution is 2.16. The molecular formula is C17H30O. The topological polar surface area (TPSA) is 20.2 Å². The summed E-state index contributed by atoms with van der Waals surface area (Å²) in [5.41, 5.74) is 2.80. The van der Waals surface area contributed by atoms with E-state index in [9.17, 15) is 0 Å². The van der Waals surface area contributed by atoms with Gasteiger partial charge in [-0.15, -0.1) is 0 Å². The van der Waals surface area contributed by atoms with Crippen LogP contribution in [0.2, 0.25) is 0 Å². The van der Waals surface area contributed by atoms with E-state index >= 15 is 0 Å². The van der Waals surface area contributed by atoms with Crippen LogP contribution in [0, 0.1) is 5.92 Å². The van der Waals surface area contributed by atoms with E-state index in [-0.39, 0.29) is 0 Å². The third-order valence-electron chi connectivity index (χ3n) is 2.49. The third kappa shape index (κ3) is 9.23. The Balaban J connectivity index is 0.000000631. The Labute approximate surface area is 113 Å². The standard InChI is InChI=1S/C13H20O.C4H10/c1-11(2)13-8-5-7-12(10-13)6-3-4-9-14;1-4(2)3/h5,7-8,10-11,14H,3-4,6,9H2,1-2H3;4H,1-3H3. The summed E-state index contributed by atoms with van der Waals surface area (Å²) in [6.07, 6.45) is 3.07. The average molecular weight is 250 g/mol. The van der Waals surface area contributed by atoms with Gasteiger partial charge in [-0.1, -0.05) is 58.9 Å². The summed E-state index contributed by atoms with van der Waals surface area (Å²) in [5, 5.41) is 8.69. The monoisotopic (exact) mass is 250 g/mol. The molecule has 1 N–H and O–H groups in total. The highest BCUT2D eigenvalue weighted by molar-refractivity contribution is 5.25. The number of hydrogen-bond acceptors (Lipinski definition) is 1. The molecule has 1 aromatic carbocycles. The van der Waals surface area contributed by atoms with Gasteiger partial charge in [0.15, 0.2) is 0 Å². The summed E-state index contributed by atoms with van der Waals surface area (Å²) < 4.78 is 0. The van der Waals surface area contributed by atoms with Crippen LogP contribution in [-0.4, -0.2) is 11.7 Å². The summed E-state index contributed by atoms with van der Waals surface area (Å²) in [6.45, 7) is 11.2. The van der Waals surface area contributed by atoms with Crippen LogP contribution in [0.1, 0.15) is 64.5 Å². The number of rotatable bonds is 5. The molecule has 18 heavy (non-hydrogen) atoms. The van der Waals surface area contributed by atoms with Gasteiger partial charge in [0.2, 0.25) is 0 Å². The van der Waals surface area contributed by atoms with Crippen molar-refractivity contribution in [2.24, 2.45) is 5.92 Å². The molecule has 0 spiro atoms. The average Bonchev–Trinajstić information content (AvgIpc) is 2.29. The highest BCUT2D eigenvalue weighted by Gasteiger charge is 1.99. The zero-order valence-corrected chi connectivity index (χ0v) is 12.7. The lowest BCUT2D eigenvalue weighted by Gasteiger charge is -2.07. The Morgan fingerprint density at radius 1 is 1.00 bits per heavy atom. The third-order valence-corrected chi connectivity index (χ3v) is 2.49. The number of aliphatic hydroxyl groups excluding tert-OH is 1. The molecule has 0 aliphatic rings. The van der Waals surface area contributed by atoms with E-state index in [4.69, 9.17) is 5.11 Å². The van der Waals surface area contributed by atoms with Crippen LogP contribution in [0.5, 0.6) is 0 Å². The molecule has 1 rings (SSSR count). The fourth-order valence-electron chi connectivity index (χ4n) is 1.55. The van der Waals surface area contributed by atoms with Crippen LogP contribution >= 0.6 is 0 Å². The summed E-state index contributed by atoms with van der Waals surface area (Å²) in [7, 11) is 0. The van der Waals surface area contributed by atoms with Gasteiger partial charge in [0.25, 0.3) is 0 Å². The van der Waals surface area contributed by atoms with E-state index in [0.29, 0.717) is 12.5 Å². The molecule has 0 bridgehead atoms. The van der Waals surface area contributed by atoms with Gasteiger partial charge in [0, 0.05) is 6.61 Å². The normalized spacial score (nSPS) is 10.4. The van der Waals surface area contributed by atoms with Crippen LogP contribution < -0.4 is 0 Å².